The van der Waals surface area contributed by atoms with Crippen LogP contribution in [-0.4, -0.2) is 5.88 Å². The first-order chi connectivity index (χ1) is 6.65. The first-order valence-electron chi connectivity index (χ1n) is 4.96. The average molecular weight is 213 g/mol. The maximum Gasteiger partial charge on any atom is 0.123 e. The molecule has 2 heteroatoms. The molecule has 1 saturated carbocycles. The molecule has 0 spiro atoms. The van der Waals surface area contributed by atoms with E-state index in [-0.39, 0.29) is 5.82 Å². The minimum Gasteiger partial charge on any atom is -0.207 e. The number of rotatable bonds is 3. The monoisotopic (exact) mass is 212 g/mol. The third kappa shape index (κ3) is 1.93. The lowest BCUT2D eigenvalue weighted by atomic mass is 9.95. The quantitative estimate of drug-likeness (QED) is 0.671. The Kier molecular flexibility index (Phi) is 2.52. The normalized spacial score (nSPS) is 18.2. The van der Waals surface area contributed by atoms with Crippen molar-refractivity contribution in [2.75, 3.05) is 5.88 Å². The summed E-state index contributed by atoms with van der Waals surface area (Å²) in [5.74, 6) is 0.575. The van der Waals surface area contributed by atoms with Gasteiger partial charge in [0.25, 0.3) is 0 Å². The summed E-state index contributed by atoms with van der Waals surface area (Å²) < 4.78 is 12.9. The van der Waals surface area contributed by atoms with Crippen LogP contribution in [0.4, 0.5) is 4.39 Å². The van der Waals surface area contributed by atoms with Crippen LogP contribution in [0.5, 0.6) is 0 Å². The van der Waals surface area contributed by atoms with Gasteiger partial charge in [-0.1, -0.05) is 6.07 Å². The number of halogens is 2. The van der Waals surface area contributed by atoms with Gasteiger partial charge in [0.05, 0.1) is 0 Å². The Morgan fingerprint density at radius 3 is 2.64 bits per heavy atom. The molecule has 0 saturated heterocycles. The van der Waals surface area contributed by atoms with Crippen molar-refractivity contribution >= 4 is 11.6 Å². The molecule has 14 heavy (non-hydrogen) atoms. The Labute approximate surface area is 89.1 Å². The summed E-state index contributed by atoms with van der Waals surface area (Å²) >= 11 is 5.92. The summed E-state index contributed by atoms with van der Waals surface area (Å²) in [5, 5.41) is 0. The Morgan fingerprint density at radius 1 is 1.43 bits per heavy atom. The SMILES string of the molecule is Cc1cc(F)ccc1CC1(CCl)CC1. The van der Waals surface area contributed by atoms with Crippen molar-refractivity contribution in [2.24, 2.45) is 5.41 Å². The van der Waals surface area contributed by atoms with Gasteiger partial charge in [0.15, 0.2) is 0 Å². The molecule has 0 bridgehead atoms. The lowest BCUT2D eigenvalue weighted by molar-refractivity contribution is 0.572. The summed E-state index contributed by atoms with van der Waals surface area (Å²) in [6.45, 7) is 1.96. The van der Waals surface area contributed by atoms with Crippen molar-refractivity contribution < 1.29 is 4.39 Å². The molecule has 1 aromatic carbocycles. The number of hydrogen-bond donors (Lipinski definition) is 0. The highest BCUT2D eigenvalue weighted by Gasteiger charge is 2.41. The molecule has 0 atom stereocenters. The lowest BCUT2D eigenvalue weighted by Gasteiger charge is -2.13. The topological polar surface area (TPSA) is 0 Å². The molecular weight excluding hydrogens is 199 g/mol. The van der Waals surface area contributed by atoms with Gasteiger partial charge in [-0.2, -0.15) is 0 Å². The number of alkyl halides is 1. The Morgan fingerprint density at radius 2 is 2.14 bits per heavy atom. The van der Waals surface area contributed by atoms with E-state index in [0.717, 1.165) is 17.9 Å². The molecule has 0 heterocycles. The molecular formula is C12H14ClF. The zero-order valence-electron chi connectivity index (χ0n) is 8.32. The van der Waals surface area contributed by atoms with E-state index in [2.05, 4.69) is 0 Å². The Balaban J connectivity index is 2.17. The minimum atomic E-state index is -0.151. The molecule has 1 aliphatic rings. The molecule has 2 rings (SSSR count). The van der Waals surface area contributed by atoms with E-state index in [4.69, 9.17) is 11.6 Å². The zero-order chi connectivity index (χ0) is 10.2. The number of hydrogen-bond acceptors (Lipinski definition) is 0. The molecule has 76 valence electrons. The first-order valence-corrected chi connectivity index (χ1v) is 5.50. The van der Waals surface area contributed by atoms with Gasteiger partial charge < -0.3 is 0 Å². The molecule has 0 N–H and O–H groups in total. The molecule has 0 nitrogen and oxygen atoms in total. The van der Waals surface area contributed by atoms with E-state index in [1.807, 2.05) is 13.0 Å². The van der Waals surface area contributed by atoms with E-state index in [1.165, 1.54) is 24.5 Å². The van der Waals surface area contributed by atoms with E-state index in [9.17, 15) is 4.39 Å². The smallest absolute Gasteiger partial charge is 0.123 e. The highest BCUT2D eigenvalue weighted by atomic mass is 35.5. The van der Waals surface area contributed by atoms with Gasteiger partial charge in [0.2, 0.25) is 0 Å². The van der Waals surface area contributed by atoms with Crippen molar-refractivity contribution in [3.8, 4) is 0 Å². The lowest BCUT2D eigenvalue weighted by Crippen LogP contribution is -2.07. The highest BCUT2D eigenvalue weighted by molar-refractivity contribution is 6.18. The van der Waals surface area contributed by atoms with Crippen LogP contribution in [0, 0.1) is 18.2 Å². The van der Waals surface area contributed by atoms with Gasteiger partial charge in [-0.3, -0.25) is 0 Å². The van der Waals surface area contributed by atoms with Crippen LogP contribution in [0.2, 0.25) is 0 Å². The molecule has 0 aromatic heterocycles. The highest BCUT2D eigenvalue weighted by Crippen LogP contribution is 2.49. The molecule has 0 unspecified atom stereocenters. The second-order valence-electron chi connectivity index (χ2n) is 4.38. The summed E-state index contributed by atoms with van der Waals surface area (Å²) in [5.41, 5.74) is 2.61. The molecule has 0 aliphatic heterocycles. The molecule has 1 aromatic rings. The second kappa shape index (κ2) is 3.54. The van der Waals surface area contributed by atoms with Crippen LogP contribution >= 0.6 is 11.6 Å². The largest absolute Gasteiger partial charge is 0.207 e. The van der Waals surface area contributed by atoms with Crippen molar-refractivity contribution in [3.63, 3.8) is 0 Å². The van der Waals surface area contributed by atoms with Crippen LogP contribution in [0.3, 0.4) is 0 Å². The fourth-order valence-electron chi connectivity index (χ4n) is 1.80. The van der Waals surface area contributed by atoms with E-state index in [0.29, 0.717) is 5.41 Å². The van der Waals surface area contributed by atoms with Gasteiger partial charge >= 0.3 is 0 Å². The Bertz CT molecular complexity index is 342. The maximum atomic E-state index is 12.9. The van der Waals surface area contributed by atoms with Gasteiger partial charge in [-0.05, 0) is 54.9 Å². The summed E-state index contributed by atoms with van der Waals surface area (Å²) in [7, 11) is 0. The van der Waals surface area contributed by atoms with Crippen LogP contribution in [0.1, 0.15) is 24.0 Å². The van der Waals surface area contributed by atoms with Gasteiger partial charge in [-0.15, -0.1) is 11.6 Å². The van der Waals surface area contributed by atoms with Gasteiger partial charge in [-0.25, -0.2) is 4.39 Å². The predicted octanol–water partition coefficient (Wildman–Crippen LogP) is 3.70. The maximum absolute atomic E-state index is 12.9. The third-order valence-electron chi connectivity index (χ3n) is 3.11. The van der Waals surface area contributed by atoms with E-state index in [1.54, 1.807) is 6.07 Å². The fourth-order valence-corrected chi connectivity index (χ4v) is 2.16. The fraction of sp³-hybridized carbons (Fsp3) is 0.500. The van der Waals surface area contributed by atoms with E-state index >= 15 is 0 Å². The molecule has 0 radical (unpaired) electrons. The van der Waals surface area contributed by atoms with Crippen LogP contribution < -0.4 is 0 Å². The minimum absolute atomic E-state index is 0.151. The molecule has 0 amide bonds. The summed E-state index contributed by atoms with van der Waals surface area (Å²) in [4.78, 5) is 0. The van der Waals surface area contributed by atoms with Crippen LogP contribution in [0.25, 0.3) is 0 Å². The van der Waals surface area contributed by atoms with Gasteiger partial charge in [0.1, 0.15) is 5.82 Å². The van der Waals surface area contributed by atoms with Crippen LogP contribution in [0.15, 0.2) is 18.2 Å². The first kappa shape index (κ1) is 9.97. The molecule has 1 fully saturated rings. The van der Waals surface area contributed by atoms with Gasteiger partial charge in [0, 0.05) is 5.88 Å². The van der Waals surface area contributed by atoms with Crippen molar-refractivity contribution in [2.45, 2.75) is 26.2 Å². The average Bonchev–Trinajstić information content (AvgIpc) is 2.91. The van der Waals surface area contributed by atoms with Crippen molar-refractivity contribution in [1.82, 2.24) is 0 Å². The standard InChI is InChI=1S/C12H14ClF/c1-9-6-11(14)3-2-10(9)7-12(8-13)4-5-12/h2-3,6H,4-5,7-8H2,1H3. The zero-order valence-corrected chi connectivity index (χ0v) is 9.07. The summed E-state index contributed by atoms with van der Waals surface area (Å²) in [6.07, 6.45) is 3.43. The predicted molar refractivity (Wildman–Crippen MR) is 57.2 cm³/mol. The number of aryl methyl sites for hydroxylation is 1. The summed E-state index contributed by atoms with van der Waals surface area (Å²) in [6, 6.07) is 5.02. The second-order valence-corrected chi connectivity index (χ2v) is 4.65. The van der Waals surface area contributed by atoms with E-state index < -0.39 is 0 Å². The van der Waals surface area contributed by atoms with Crippen molar-refractivity contribution in [1.29, 1.82) is 0 Å². The van der Waals surface area contributed by atoms with Crippen molar-refractivity contribution in [3.05, 3.63) is 35.1 Å². The number of benzene rings is 1. The third-order valence-corrected chi connectivity index (χ3v) is 3.68. The Hall–Kier alpha value is -0.560. The molecule has 1 aliphatic carbocycles. The van der Waals surface area contributed by atoms with Crippen LogP contribution in [-0.2, 0) is 6.42 Å².